The van der Waals surface area contributed by atoms with Crippen molar-refractivity contribution in [3.63, 3.8) is 0 Å². The predicted octanol–water partition coefficient (Wildman–Crippen LogP) is 1.76. The van der Waals surface area contributed by atoms with Crippen molar-refractivity contribution >= 4 is 22.8 Å². The van der Waals surface area contributed by atoms with Crippen molar-refractivity contribution in [2.45, 2.75) is 11.1 Å². The van der Waals surface area contributed by atoms with Crippen LogP contribution in [0.5, 0.6) is 0 Å². The molecule has 2 radical (unpaired) electrons. The molecule has 1 aromatic heterocycles. The molecule has 0 fully saturated rings. The number of rotatable bonds is 4. The Hall–Kier alpha value is -1.54. The van der Waals surface area contributed by atoms with Crippen LogP contribution in [0.3, 0.4) is 0 Å². The van der Waals surface area contributed by atoms with Crippen LogP contribution in [0, 0.1) is 0 Å². The molecule has 2 aromatic rings. The van der Waals surface area contributed by atoms with E-state index in [4.69, 9.17) is 5.11 Å². The molecular weight excluding hydrogens is 279 g/mol. The fraction of sp³-hybridized carbons (Fsp3) is 0.167. The van der Waals surface area contributed by atoms with Crippen LogP contribution in [0.15, 0.2) is 36.5 Å². The zero-order chi connectivity index (χ0) is 12.3. The molecule has 0 aliphatic carbocycles. The van der Waals surface area contributed by atoms with E-state index < -0.39 is 5.97 Å². The molecule has 0 aliphatic rings. The summed E-state index contributed by atoms with van der Waals surface area (Å²) in [5, 5.41) is 8.72. The van der Waals surface area contributed by atoms with Gasteiger partial charge in [0.1, 0.15) is 0 Å². The van der Waals surface area contributed by atoms with Crippen molar-refractivity contribution in [1.82, 2.24) is 9.97 Å². The zero-order valence-electron chi connectivity index (χ0n) is 9.00. The molecule has 86 valence electrons. The van der Waals surface area contributed by atoms with Crippen LogP contribution in [-0.4, -0.2) is 37.9 Å². The summed E-state index contributed by atoms with van der Waals surface area (Å²) in [4.78, 5) is 18.0. The Morgan fingerprint density at radius 1 is 1.41 bits per heavy atom. The maximum atomic E-state index is 10.6. The van der Waals surface area contributed by atoms with Gasteiger partial charge in [-0.05, 0) is 0 Å². The Morgan fingerprint density at radius 2 is 2.12 bits per heavy atom. The van der Waals surface area contributed by atoms with Gasteiger partial charge in [-0.3, -0.25) is 0 Å². The van der Waals surface area contributed by atoms with Crippen molar-refractivity contribution in [2.24, 2.45) is 0 Å². The zero-order valence-corrected chi connectivity index (χ0v) is 10.9. The second kappa shape index (κ2) is 5.19. The number of aromatic nitrogens is 2. The van der Waals surface area contributed by atoms with E-state index in [1.54, 1.807) is 6.20 Å². The number of imidazole rings is 1. The average Bonchev–Trinajstić information content (AvgIpc) is 2.78. The summed E-state index contributed by atoms with van der Waals surface area (Å²) in [5.41, 5.74) is 1.95. The Morgan fingerprint density at radius 3 is 2.76 bits per heavy atom. The number of aliphatic carboxylic acids is 1. The van der Waals surface area contributed by atoms with Crippen LogP contribution in [0.25, 0.3) is 11.3 Å². The van der Waals surface area contributed by atoms with Crippen molar-refractivity contribution < 1.29 is 9.90 Å². The van der Waals surface area contributed by atoms with E-state index in [1.165, 1.54) is 0 Å². The SMILES string of the molecule is O=C(O)C[C@H]([As])c1ncc(-c2ccccc2)[nH]1. The van der Waals surface area contributed by atoms with E-state index in [9.17, 15) is 4.79 Å². The average molecular weight is 290 g/mol. The van der Waals surface area contributed by atoms with E-state index in [0.29, 0.717) is 5.82 Å². The third-order valence-electron chi connectivity index (χ3n) is 2.36. The number of benzene rings is 1. The Kier molecular flexibility index (Phi) is 3.64. The van der Waals surface area contributed by atoms with Crippen molar-refractivity contribution in [2.75, 3.05) is 0 Å². The third-order valence-corrected chi connectivity index (χ3v) is 3.26. The number of nitrogens with zero attached hydrogens (tertiary/aromatic N) is 1. The van der Waals surface area contributed by atoms with Gasteiger partial charge in [-0.1, -0.05) is 0 Å². The van der Waals surface area contributed by atoms with Crippen LogP contribution in [0.1, 0.15) is 17.0 Å². The molecule has 0 amide bonds. The van der Waals surface area contributed by atoms with Gasteiger partial charge in [0.05, 0.1) is 0 Å². The Bertz CT molecular complexity index is 510. The molecule has 0 aliphatic heterocycles. The van der Waals surface area contributed by atoms with Gasteiger partial charge in [-0.2, -0.15) is 0 Å². The quantitative estimate of drug-likeness (QED) is 0.843. The van der Waals surface area contributed by atoms with Crippen LogP contribution in [-0.2, 0) is 4.79 Å². The summed E-state index contributed by atoms with van der Waals surface area (Å²) in [6.07, 6.45) is 1.79. The number of carbonyl (C=O) groups is 1. The third kappa shape index (κ3) is 2.98. The van der Waals surface area contributed by atoms with Gasteiger partial charge in [0.25, 0.3) is 0 Å². The van der Waals surface area contributed by atoms with E-state index in [1.807, 2.05) is 30.3 Å². The topological polar surface area (TPSA) is 66.0 Å². The standard InChI is InChI=1S/C12H11AsN2O2/c13-9(6-11(16)17)12-14-7-10(15-12)8-4-2-1-3-5-8/h1-5,7,9H,6H2,(H,14,15)(H,16,17)/t9-/m0/s1. The molecule has 1 heterocycles. The minimum absolute atomic E-state index is 0.0573. The van der Waals surface area contributed by atoms with Gasteiger partial charge in [-0.25, -0.2) is 0 Å². The number of aromatic amines is 1. The summed E-state index contributed by atoms with van der Waals surface area (Å²) in [6.45, 7) is 0. The van der Waals surface area contributed by atoms with Gasteiger partial charge in [0.2, 0.25) is 0 Å². The van der Waals surface area contributed by atoms with Gasteiger partial charge in [0, 0.05) is 0 Å². The molecule has 2 rings (SSSR count). The van der Waals surface area contributed by atoms with Gasteiger partial charge in [0.15, 0.2) is 0 Å². The summed E-state index contributed by atoms with van der Waals surface area (Å²) in [7, 11) is 0. The normalized spacial score (nSPS) is 12.3. The molecule has 1 aromatic carbocycles. The van der Waals surface area contributed by atoms with Crippen molar-refractivity contribution in [3.05, 3.63) is 42.4 Å². The summed E-state index contributed by atoms with van der Waals surface area (Å²) in [5.74, 6) is -0.139. The van der Waals surface area contributed by atoms with E-state index in [-0.39, 0.29) is 11.1 Å². The molecule has 17 heavy (non-hydrogen) atoms. The first-order chi connectivity index (χ1) is 8.16. The molecule has 0 saturated heterocycles. The second-order valence-electron chi connectivity index (χ2n) is 3.66. The van der Waals surface area contributed by atoms with Gasteiger partial charge < -0.3 is 0 Å². The van der Waals surface area contributed by atoms with Crippen molar-refractivity contribution in [3.8, 4) is 11.3 Å². The van der Waals surface area contributed by atoms with Gasteiger partial charge in [-0.15, -0.1) is 0 Å². The Balaban J connectivity index is 2.19. The molecule has 0 unspecified atom stereocenters. The fourth-order valence-electron chi connectivity index (χ4n) is 1.53. The maximum absolute atomic E-state index is 10.6. The molecule has 0 bridgehead atoms. The number of carboxylic acid groups (broad SMARTS) is 1. The van der Waals surface area contributed by atoms with Crippen molar-refractivity contribution in [1.29, 1.82) is 0 Å². The van der Waals surface area contributed by atoms with Gasteiger partial charge >= 0.3 is 107 Å². The second-order valence-corrected chi connectivity index (χ2v) is 4.97. The summed E-state index contributed by atoms with van der Waals surface area (Å²) in [6, 6.07) is 9.81. The molecule has 2 N–H and O–H groups in total. The van der Waals surface area contributed by atoms with Crippen LogP contribution in [0.4, 0.5) is 0 Å². The summed E-state index contributed by atoms with van der Waals surface area (Å²) >= 11 is 2.33. The number of hydrogen-bond acceptors (Lipinski definition) is 2. The predicted molar refractivity (Wildman–Crippen MR) is 64.8 cm³/mol. The molecular formula is C12H11AsN2O2. The first-order valence-corrected chi connectivity index (χ1v) is 6.25. The molecule has 0 saturated carbocycles. The van der Waals surface area contributed by atoms with Crippen LogP contribution >= 0.6 is 0 Å². The monoisotopic (exact) mass is 290 g/mol. The molecule has 1 atom stereocenters. The number of H-pyrrole nitrogens is 1. The van der Waals surface area contributed by atoms with E-state index in [2.05, 4.69) is 26.8 Å². The number of hydrogen-bond donors (Lipinski definition) is 2. The number of carboxylic acids is 1. The molecule has 0 spiro atoms. The van der Waals surface area contributed by atoms with E-state index >= 15 is 0 Å². The first-order valence-electron chi connectivity index (χ1n) is 5.17. The molecule has 4 nitrogen and oxygen atoms in total. The van der Waals surface area contributed by atoms with E-state index in [0.717, 1.165) is 11.3 Å². The van der Waals surface area contributed by atoms with Crippen LogP contribution in [0.2, 0.25) is 0 Å². The number of nitrogens with one attached hydrogen (secondary N) is 1. The first kappa shape index (κ1) is 11.9. The fourth-order valence-corrected chi connectivity index (χ4v) is 2.14. The molecule has 5 heteroatoms. The summed E-state index contributed by atoms with van der Waals surface area (Å²) < 4.78 is -0.169. The van der Waals surface area contributed by atoms with Crippen LogP contribution < -0.4 is 0 Å². The Labute approximate surface area is 108 Å². The minimum atomic E-state index is -0.826.